The molecule has 0 amide bonds. The van der Waals surface area contributed by atoms with Gasteiger partial charge in [-0.25, -0.2) is 0 Å². The van der Waals surface area contributed by atoms with Gasteiger partial charge in [0.05, 0.1) is 0 Å². The Balaban J connectivity index is 0.00000162. The summed E-state index contributed by atoms with van der Waals surface area (Å²) in [7, 11) is 0. The number of aromatic nitrogens is 2. The summed E-state index contributed by atoms with van der Waals surface area (Å²) < 4.78 is 0. The van der Waals surface area contributed by atoms with Crippen LogP contribution in [0.1, 0.15) is 22.8 Å². The van der Waals surface area contributed by atoms with Gasteiger partial charge in [0.2, 0.25) is 0 Å². The van der Waals surface area contributed by atoms with Gasteiger partial charge in [-0.1, -0.05) is 12.1 Å². The van der Waals surface area contributed by atoms with Gasteiger partial charge in [-0.15, -0.1) is 12.8 Å². The second-order valence-corrected chi connectivity index (χ2v) is 3.92. The van der Waals surface area contributed by atoms with Crippen molar-refractivity contribution in [2.24, 2.45) is 0 Å². The Kier molecular flexibility index (Phi) is 6.21. The van der Waals surface area contributed by atoms with Gasteiger partial charge in [0.25, 0.3) is 0 Å². The summed E-state index contributed by atoms with van der Waals surface area (Å²) in [6.45, 7) is 7.69. The van der Waals surface area contributed by atoms with Gasteiger partial charge in [-0.2, -0.15) is 0 Å². The minimum atomic E-state index is 0. The Hall–Kier alpha value is -1.01. The predicted octanol–water partition coefficient (Wildman–Crippen LogP) is 2.82. The molecule has 0 saturated carbocycles. The van der Waals surface area contributed by atoms with Crippen molar-refractivity contribution in [3.63, 3.8) is 0 Å². The van der Waals surface area contributed by atoms with E-state index in [1.54, 1.807) is 0 Å². The number of nitrogens with zero attached hydrogens (tertiary/aromatic N) is 2. The fraction of sp³-hybridized carbons (Fsp3) is 0.200. The van der Waals surface area contributed by atoms with Crippen LogP contribution in [0.5, 0.6) is 0 Å². The molecule has 0 aliphatic carbocycles. The molecule has 2 heterocycles. The van der Waals surface area contributed by atoms with Crippen LogP contribution in [0.2, 0.25) is 0 Å². The first-order chi connectivity index (χ1) is 8.31. The Morgan fingerprint density at radius 2 is 1.11 bits per heavy atom. The zero-order valence-electron chi connectivity index (χ0n) is 10.2. The largest absolute Gasteiger partial charge is 2.00 e. The molecule has 18 heavy (non-hydrogen) atoms. The van der Waals surface area contributed by atoms with E-state index in [1.165, 1.54) is 0 Å². The first-order valence-corrected chi connectivity index (χ1v) is 5.80. The molecule has 0 bridgehead atoms. The van der Waals surface area contributed by atoms with E-state index in [0.717, 1.165) is 42.0 Å². The molecule has 2 nitrogen and oxygen atoms in total. The van der Waals surface area contributed by atoms with Gasteiger partial charge in [-0.3, -0.25) is 9.97 Å². The molecule has 0 fully saturated rings. The molecule has 0 aromatic carbocycles. The third-order valence-corrected chi connectivity index (χ3v) is 2.60. The van der Waals surface area contributed by atoms with Crippen molar-refractivity contribution in [3.05, 3.63) is 73.0 Å². The van der Waals surface area contributed by atoms with Crippen molar-refractivity contribution in [2.75, 3.05) is 0 Å². The van der Waals surface area contributed by atoms with E-state index in [1.807, 2.05) is 36.4 Å². The topological polar surface area (TPSA) is 25.8 Å². The van der Waals surface area contributed by atoms with E-state index in [4.69, 9.17) is 0 Å². The molecular weight excluding hydrogens is 403 g/mol. The summed E-state index contributed by atoms with van der Waals surface area (Å²) in [6.07, 6.45) is 2.21. The molecule has 0 aliphatic rings. The van der Waals surface area contributed by atoms with E-state index in [0.29, 0.717) is 0 Å². The Morgan fingerprint density at radius 1 is 0.722 bits per heavy atom. The summed E-state index contributed by atoms with van der Waals surface area (Å²) in [4.78, 5) is 9.05. The van der Waals surface area contributed by atoms with Crippen molar-refractivity contribution in [2.45, 2.75) is 19.3 Å². The Labute approximate surface area is 123 Å². The van der Waals surface area contributed by atoms with Gasteiger partial charge in [0, 0.05) is 29.2 Å². The van der Waals surface area contributed by atoms with E-state index in [9.17, 15) is 0 Å². The zero-order chi connectivity index (χ0) is 12.1. The van der Waals surface area contributed by atoms with Gasteiger partial charge < -0.3 is 13.8 Å². The molecule has 2 rings (SSSR count). The van der Waals surface area contributed by atoms with Gasteiger partial charge >= 0.3 is 21.1 Å². The average molecular weight is 419 g/mol. The summed E-state index contributed by atoms with van der Waals surface area (Å²) >= 11 is 0. The van der Waals surface area contributed by atoms with Crippen LogP contribution in [-0.2, 0) is 40.3 Å². The van der Waals surface area contributed by atoms with Crippen molar-refractivity contribution < 1.29 is 21.1 Å². The van der Waals surface area contributed by atoms with E-state index in [-0.39, 0.29) is 21.1 Å². The van der Waals surface area contributed by atoms with E-state index < -0.39 is 0 Å². The third-order valence-electron chi connectivity index (χ3n) is 2.60. The number of hydrogen-bond donors (Lipinski definition) is 0. The van der Waals surface area contributed by atoms with Crippen LogP contribution in [0.25, 0.3) is 0 Å². The number of rotatable bonds is 4. The molecule has 0 aliphatic heterocycles. The number of pyridine rings is 2. The maximum atomic E-state index is 4.52. The zero-order valence-corrected chi connectivity index (χ0v) is 12.5. The van der Waals surface area contributed by atoms with Crippen LogP contribution < -0.4 is 0 Å². The molecule has 96 valence electrons. The molecular formula is C15H16N2Pt. The summed E-state index contributed by atoms with van der Waals surface area (Å²) in [5.41, 5.74) is 4.13. The Morgan fingerprint density at radius 3 is 1.50 bits per heavy atom. The first-order valence-electron chi connectivity index (χ1n) is 5.80. The molecule has 3 heteroatoms. The molecule has 0 spiro atoms. The number of hydrogen-bond acceptors (Lipinski definition) is 2. The second-order valence-electron chi connectivity index (χ2n) is 3.92. The monoisotopic (exact) mass is 419 g/mol. The SMILES string of the molecule is [CH2-]Cc1cccc(Cc2cccc(C[CH2-])n2)n1.[Pt+2]. The van der Waals surface area contributed by atoms with Crippen LogP contribution in [0.4, 0.5) is 0 Å². The van der Waals surface area contributed by atoms with Crippen molar-refractivity contribution in [1.82, 2.24) is 9.97 Å². The van der Waals surface area contributed by atoms with Crippen molar-refractivity contribution in [3.8, 4) is 0 Å². The maximum Gasteiger partial charge on any atom is 2.00 e. The minimum absolute atomic E-state index is 0. The molecule has 0 radical (unpaired) electrons. The summed E-state index contributed by atoms with van der Waals surface area (Å²) in [5, 5.41) is 0. The van der Waals surface area contributed by atoms with Crippen LogP contribution in [0.3, 0.4) is 0 Å². The Bertz CT molecular complexity index is 452. The van der Waals surface area contributed by atoms with Crippen LogP contribution in [0, 0.1) is 13.8 Å². The van der Waals surface area contributed by atoms with Crippen molar-refractivity contribution >= 4 is 0 Å². The smallest absolute Gasteiger partial charge is 0.338 e. The summed E-state index contributed by atoms with van der Waals surface area (Å²) in [6, 6.07) is 12.1. The molecule has 0 unspecified atom stereocenters. The van der Waals surface area contributed by atoms with Crippen molar-refractivity contribution in [1.29, 1.82) is 0 Å². The minimum Gasteiger partial charge on any atom is -0.338 e. The maximum absolute atomic E-state index is 4.52. The quantitative estimate of drug-likeness (QED) is 0.713. The molecule has 2 aromatic heterocycles. The second kappa shape index (κ2) is 7.43. The van der Waals surface area contributed by atoms with Crippen LogP contribution in [0.15, 0.2) is 36.4 Å². The molecule has 0 saturated heterocycles. The molecule has 2 aromatic rings. The third kappa shape index (κ3) is 4.03. The summed E-state index contributed by atoms with van der Waals surface area (Å²) in [5.74, 6) is 0. The average Bonchev–Trinajstić information content (AvgIpc) is 2.39. The van der Waals surface area contributed by atoms with Crippen LogP contribution >= 0.6 is 0 Å². The van der Waals surface area contributed by atoms with Gasteiger partial charge in [0.15, 0.2) is 0 Å². The van der Waals surface area contributed by atoms with Gasteiger partial charge in [0.1, 0.15) is 0 Å². The van der Waals surface area contributed by atoms with Gasteiger partial charge in [-0.05, 0) is 24.3 Å². The first kappa shape index (κ1) is 15.0. The fourth-order valence-corrected chi connectivity index (χ4v) is 1.72. The van der Waals surface area contributed by atoms with E-state index >= 15 is 0 Å². The standard InChI is InChI=1S/C15H16N2.Pt/c1-3-12-7-5-9-14(16-12)11-15-10-6-8-13(4-2)17-15;/h5-10H,1-4,11H2;/q-2;+2. The van der Waals surface area contributed by atoms with Crippen LogP contribution in [-0.4, -0.2) is 9.97 Å². The predicted molar refractivity (Wildman–Crippen MR) is 69.4 cm³/mol. The molecule has 0 atom stereocenters. The van der Waals surface area contributed by atoms with E-state index in [2.05, 4.69) is 23.8 Å². The fourth-order valence-electron chi connectivity index (χ4n) is 1.72. The normalized spacial score (nSPS) is 9.89. The molecule has 0 N–H and O–H groups in total.